The number of nitrogens with zero attached hydrogens (tertiary/aromatic N) is 2. The summed E-state index contributed by atoms with van der Waals surface area (Å²) in [5, 5.41) is 4.60. The molecule has 6 heteroatoms. The minimum atomic E-state index is -0.229. The Morgan fingerprint density at radius 2 is 2.41 bits per heavy atom. The monoisotopic (exact) mass is 254 g/mol. The molecular weight excluding hydrogens is 240 g/mol. The van der Waals surface area contributed by atoms with Gasteiger partial charge in [-0.25, -0.2) is 5.43 Å². The summed E-state index contributed by atoms with van der Waals surface area (Å²) in [6.45, 7) is 2.99. The summed E-state index contributed by atoms with van der Waals surface area (Å²) in [6.07, 6.45) is 4.76. The molecule has 2 rings (SSSR count). The number of hydrazine groups is 1. The van der Waals surface area contributed by atoms with E-state index >= 15 is 0 Å². The molecule has 0 aromatic carbocycles. The van der Waals surface area contributed by atoms with Gasteiger partial charge in [-0.3, -0.25) is 10.5 Å². The average Bonchev–Trinajstić information content (AvgIpc) is 2.91. The van der Waals surface area contributed by atoms with E-state index in [4.69, 9.17) is 21.9 Å². The number of aryl methyl sites for hydroxylation is 1. The second-order valence-corrected chi connectivity index (χ2v) is 4.15. The van der Waals surface area contributed by atoms with Crippen LogP contribution in [-0.2, 0) is 6.54 Å². The molecule has 1 unspecified atom stereocenters. The van der Waals surface area contributed by atoms with E-state index in [1.165, 1.54) is 0 Å². The van der Waals surface area contributed by atoms with E-state index < -0.39 is 0 Å². The average molecular weight is 255 g/mol. The molecule has 0 aliphatic carbocycles. The summed E-state index contributed by atoms with van der Waals surface area (Å²) >= 11 is 5.75. The summed E-state index contributed by atoms with van der Waals surface area (Å²) in [5.41, 5.74) is 3.65. The first kappa shape index (κ1) is 12.2. The van der Waals surface area contributed by atoms with Crippen LogP contribution in [0.3, 0.4) is 0 Å². The highest BCUT2D eigenvalue weighted by molar-refractivity contribution is 6.28. The van der Waals surface area contributed by atoms with E-state index in [-0.39, 0.29) is 6.04 Å². The lowest BCUT2D eigenvalue weighted by molar-refractivity contribution is 0.453. The summed E-state index contributed by atoms with van der Waals surface area (Å²) < 4.78 is 7.23. The minimum Gasteiger partial charge on any atom is -0.448 e. The molecule has 0 saturated carbocycles. The maximum absolute atomic E-state index is 5.75. The molecule has 0 aliphatic rings. The first-order valence-electron chi connectivity index (χ1n) is 5.48. The standard InChI is InChI=1S/C11H15ClN4O/c1-2-5-16-7-8(6-14-16)11(15-13)9-3-4-10(12)17-9/h3-4,6-7,11,15H,2,5,13H2,1H3. The third kappa shape index (κ3) is 2.69. The molecular formula is C11H15ClN4O. The van der Waals surface area contributed by atoms with Crippen LogP contribution in [-0.4, -0.2) is 9.78 Å². The molecule has 0 spiro atoms. The highest BCUT2D eigenvalue weighted by atomic mass is 35.5. The third-order valence-electron chi connectivity index (χ3n) is 2.48. The number of hydrogen-bond donors (Lipinski definition) is 2. The van der Waals surface area contributed by atoms with Crippen LogP contribution in [0.25, 0.3) is 0 Å². The van der Waals surface area contributed by atoms with Crippen molar-refractivity contribution in [3.05, 3.63) is 41.1 Å². The summed E-state index contributed by atoms with van der Waals surface area (Å²) in [5.74, 6) is 6.21. The Balaban J connectivity index is 2.22. The Hall–Kier alpha value is -1.30. The number of hydrogen-bond acceptors (Lipinski definition) is 4. The van der Waals surface area contributed by atoms with Crippen LogP contribution in [0, 0.1) is 0 Å². The zero-order valence-corrected chi connectivity index (χ0v) is 10.3. The summed E-state index contributed by atoms with van der Waals surface area (Å²) in [4.78, 5) is 0. The lowest BCUT2D eigenvalue weighted by atomic mass is 10.1. The molecule has 0 saturated heterocycles. The van der Waals surface area contributed by atoms with E-state index in [2.05, 4.69) is 17.4 Å². The highest BCUT2D eigenvalue weighted by Crippen LogP contribution is 2.24. The molecule has 0 amide bonds. The van der Waals surface area contributed by atoms with Gasteiger partial charge < -0.3 is 4.42 Å². The second-order valence-electron chi connectivity index (χ2n) is 3.78. The van der Waals surface area contributed by atoms with Crippen LogP contribution < -0.4 is 11.3 Å². The number of furan rings is 1. The van der Waals surface area contributed by atoms with Crippen LogP contribution in [0.5, 0.6) is 0 Å². The van der Waals surface area contributed by atoms with Crippen LogP contribution in [0.2, 0.25) is 5.22 Å². The Labute approximate surface area is 105 Å². The molecule has 0 radical (unpaired) electrons. The van der Waals surface area contributed by atoms with Crippen LogP contribution in [0.1, 0.15) is 30.7 Å². The minimum absolute atomic E-state index is 0.229. The topological polar surface area (TPSA) is 69.0 Å². The smallest absolute Gasteiger partial charge is 0.193 e. The maximum atomic E-state index is 5.75. The van der Waals surface area contributed by atoms with Gasteiger partial charge in [0.05, 0.1) is 6.20 Å². The van der Waals surface area contributed by atoms with Crippen LogP contribution in [0.4, 0.5) is 0 Å². The van der Waals surface area contributed by atoms with Gasteiger partial charge in [-0.15, -0.1) is 0 Å². The van der Waals surface area contributed by atoms with Gasteiger partial charge in [0.15, 0.2) is 5.22 Å². The highest BCUT2D eigenvalue weighted by Gasteiger charge is 2.17. The van der Waals surface area contributed by atoms with E-state index in [1.54, 1.807) is 18.3 Å². The van der Waals surface area contributed by atoms with Gasteiger partial charge in [-0.1, -0.05) is 6.92 Å². The van der Waals surface area contributed by atoms with Crippen molar-refractivity contribution >= 4 is 11.6 Å². The number of nitrogens with one attached hydrogen (secondary N) is 1. The molecule has 0 fully saturated rings. The molecule has 2 aromatic heterocycles. The van der Waals surface area contributed by atoms with E-state index in [0.29, 0.717) is 11.0 Å². The van der Waals surface area contributed by atoms with Crippen molar-refractivity contribution < 1.29 is 4.42 Å². The number of nitrogens with two attached hydrogens (primary N) is 1. The Kier molecular flexibility index (Phi) is 3.83. The number of halogens is 1. The quantitative estimate of drug-likeness (QED) is 0.633. The van der Waals surface area contributed by atoms with Gasteiger partial charge in [0, 0.05) is 18.3 Å². The zero-order valence-electron chi connectivity index (χ0n) is 9.56. The van der Waals surface area contributed by atoms with E-state index in [9.17, 15) is 0 Å². The van der Waals surface area contributed by atoms with E-state index in [1.807, 2.05) is 10.9 Å². The molecule has 2 heterocycles. The van der Waals surface area contributed by atoms with Crippen molar-refractivity contribution in [1.29, 1.82) is 0 Å². The SMILES string of the molecule is CCCn1cc(C(NN)c2ccc(Cl)o2)cn1. The van der Waals surface area contributed by atoms with Gasteiger partial charge >= 0.3 is 0 Å². The molecule has 0 bridgehead atoms. The summed E-state index contributed by atoms with van der Waals surface area (Å²) in [6, 6.07) is 3.26. The predicted molar refractivity (Wildman–Crippen MR) is 65.4 cm³/mol. The van der Waals surface area contributed by atoms with Gasteiger partial charge in [0.1, 0.15) is 11.8 Å². The van der Waals surface area contributed by atoms with Crippen molar-refractivity contribution in [1.82, 2.24) is 15.2 Å². The number of rotatable bonds is 5. The summed E-state index contributed by atoms with van der Waals surface area (Å²) in [7, 11) is 0. The lowest BCUT2D eigenvalue weighted by Crippen LogP contribution is -2.28. The number of aromatic nitrogens is 2. The van der Waals surface area contributed by atoms with Gasteiger partial charge in [0.2, 0.25) is 0 Å². The fraction of sp³-hybridized carbons (Fsp3) is 0.364. The first-order valence-corrected chi connectivity index (χ1v) is 5.86. The lowest BCUT2D eigenvalue weighted by Gasteiger charge is -2.10. The molecule has 92 valence electrons. The Morgan fingerprint density at radius 3 is 3.00 bits per heavy atom. The first-order chi connectivity index (χ1) is 8.24. The molecule has 2 aromatic rings. The maximum Gasteiger partial charge on any atom is 0.193 e. The van der Waals surface area contributed by atoms with Crippen LogP contribution >= 0.6 is 11.6 Å². The molecule has 3 N–H and O–H groups in total. The van der Waals surface area contributed by atoms with Crippen molar-refractivity contribution in [2.45, 2.75) is 25.9 Å². The van der Waals surface area contributed by atoms with Crippen molar-refractivity contribution in [2.24, 2.45) is 5.84 Å². The van der Waals surface area contributed by atoms with Gasteiger partial charge in [0.25, 0.3) is 0 Å². The third-order valence-corrected chi connectivity index (χ3v) is 2.69. The fourth-order valence-corrected chi connectivity index (χ4v) is 1.86. The zero-order chi connectivity index (χ0) is 12.3. The van der Waals surface area contributed by atoms with Crippen LogP contribution in [0.15, 0.2) is 28.9 Å². The van der Waals surface area contributed by atoms with Crippen molar-refractivity contribution in [3.63, 3.8) is 0 Å². The second kappa shape index (κ2) is 5.35. The fourth-order valence-electron chi connectivity index (χ4n) is 1.71. The Morgan fingerprint density at radius 1 is 1.59 bits per heavy atom. The van der Waals surface area contributed by atoms with E-state index in [0.717, 1.165) is 18.5 Å². The normalized spacial score (nSPS) is 12.9. The largest absolute Gasteiger partial charge is 0.448 e. The molecule has 5 nitrogen and oxygen atoms in total. The van der Waals surface area contributed by atoms with Gasteiger partial charge in [-0.2, -0.15) is 5.10 Å². The van der Waals surface area contributed by atoms with Crippen molar-refractivity contribution in [2.75, 3.05) is 0 Å². The predicted octanol–water partition coefficient (Wildman–Crippen LogP) is 2.09. The van der Waals surface area contributed by atoms with Crippen molar-refractivity contribution in [3.8, 4) is 0 Å². The Bertz CT molecular complexity index is 479. The molecule has 1 atom stereocenters. The molecule has 0 aliphatic heterocycles. The molecule has 17 heavy (non-hydrogen) atoms. The van der Waals surface area contributed by atoms with Gasteiger partial charge in [-0.05, 0) is 30.2 Å².